The molecule has 7 nitrogen and oxygen atoms in total. The summed E-state index contributed by atoms with van der Waals surface area (Å²) >= 11 is 0. The average Bonchev–Trinajstić information content (AvgIpc) is 3.22. The van der Waals surface area contributed by atoms with Gasteiger partial charge in [0.05, 0.1) is 44.5 Å². The number of aromatic nitrogens is 2. The molecule has 3 rings (SSSR count). The standard InChI is InChI=1S/C24H29N3O4/c1-15(2)23-19(14-26-27(23)18-9-7-16(3)8-10-18)24(28)25-13-17-11-21(30-5)22(31-6)12-20(17)29-4/h7-12,14-15H,13H2,1-6H3,(H,25,28). The average molecular weight is 424 g/mol. The summed E-state index contributed by atoms with van der Waals surface area (Å²) in [6.45, 7) is 6.42. The number of nitrogens with zero attached hydrogens (tertiary/aromatic N) is 2. The van der Waals surface area contributed by atoms with Gasteiger partial charge < -0.3 is 19.5 Å². The molecule has 0 aliphatic heterocycles. The molecule has 0 atom stereocenters. The molecule has 0 bridgehead atoms. The zero-order valence-corrected chi connectivity index (χ0v) is 18.9. The highest BCUT2D eigenvalue weighted by molar-refractivity contribution is 5.95. The molecule has 164 valence electrons. The molecule has 1 amide bonds. The third-order valence-corrected chi connectivity index (χ3v) is 5.10. The summed E-state index contributed by atoms with van der Waals surface area (Å²) in [5, 5.41) is 7.47. The maximum atomic E-state index is 13.1. The Morgan fingerprint density at radius 2 is 1.61 bits per heavy atom. The van der Waals surface area contributed by atoms with E-state index in [0.29, 0.717) is 22.8 Å². The fourth-order valence-electron chi connectivity index (χ4n) is 3.48. The van der Waals surface area contributed by atoms with Gasteiger partial charge in [0.25, 0.3) is 5.91 Å². The number of methoxy groups -OCH3 is 3. The van der Waals surface area contributed by atoms with E-state index in [1.165, 1.54) is 5.56 Å². The molecule has 0 radical (unpaired) electrons. The second-order valence-electron chi connectivity index (χ2n) is 7.55. The van der Waals surface area contributed by atoms with Crippen molar-refractivity contribution in [3.63, 3.8) is 0 Å². The number of carbonyl (C=O) groups is 1. The molecule has 0 aliphatic carbocycles. The topological polar surface area (TPSA) is 74.6 Å². The van der Waals surface area contributed by atoms with Gasteiger partial charge in [-0.05, 0) is 31.0 Å². The Labute approximate surface area is 182 Å². The fraction of sp³-hybridized carbons (Fsp3) is 0.333. The number of hydrogen-bond acceptors (Lipinski definition) is 5. The molecule has 1 N–H and O–H groups in total. The van der Waals surface area contributed by atoms with Gasteiger partial charge in [-0.2, -0.15) is 5.10 Å². The van der Waals surface area contributed by atoms with Gasteiger partial charge in [-0.3, -0.25) is 4.79 Å². The number of rotatable bonds is 8. The summed E-state index contributed by atoms with van der Waals surface area (Å²) in [4.78, 5) is 13.1. The number of amides is 1. The van der Waals surface area contributed by atoms with Crippen molar-refractivity contribution >= 4 is 5.91 Å². The van der Waals surface area contributed by atoms with E-state index in [4.69, 9.17) is 14.2 Å². The van der Waals surface area contributed by atoms with E-state index < -0.39 is 0 Å². The van der Waals surface area contributed by atoms with Crippen molar-refractivity contribution in [1.82, 2.24) is 15.1 Å². The third kappa shape index (κ3) is 4.66. The fourth-order valence-corrected chi connectivity index (χ4v) is 3.48. The summed E-state index contributed by atoms with van der Waals surface area (Å²) in [7, 11) is 4.72. The number of aryl methyl sites for hydroxylation is 1. The summed E-state index contributed by atoms with van der Waals surface area (Å²) in [6, 6.07) is 11.6. The van der Waals surface area contributed by atoms with Crippen LogP contribution in [0, 0.1) is 6.92 Å². The van der Waals surface area contributed by atoms with Gasteiger partial charge in [0.15, 0.2) is 11.5 Å². The van der Waals surface area contributed by atoms with Crippen molar-refractivity contribution in [3.8, 4) is 22.9 Å². The third-order valence-electron chi connectivity index (χ3n) is 5.10. The molecule has 3 aromatic rings. The second kappa shape index (κ2) is 9.55. The van der Waals surface area contributed by atoms with E-state index in [9.17, 15) is 4.79 Å². The van der Waals surface area contributed by atoms with Crippen molar-refractivity contribution < 1.29 is 19.0 Å². The summed E-state index contributed by atoms with van der Waals surface area (Å²) < 4.78 is 18.0. The number of hydrogen-bond donors (Lipinski definition) is 1. The van der Waals surface area contributed by atoms with Crippen LogP contribution < -0.4 is 19.5 Å². The maximum absolute atomic E-state index is 13.1. The Morgan fingerprint density at radius 1 is 1.00 bits per heavy atom. The lowest BCUT2D eigenvalue weighted by Crippen LogP contribution is -2.24. The van der Waals surface area contributed by atoms with Gasteiger partial charge in [0, 0.05) is 18.2 Å². The van der Waals surface area contributed by atoms with E-state index in [-0.39, 0.29) is 18.4 Å². The van der Waals surface area contributed by atoms with Crippen molar-refractivity contribution in [1.29, 1.82) is 0 Å². The molecular weight excluding hydrogens is 394 g/mol. The van der Waals surface area contributed by atoms with Gasteiger partial charge >= 0.3 is 0 Å². The quantitative estimate of drug-likeness (QED) is 0.586. The molecule has 0 aliphatic rings. The first-order valence-electron chi connectivity index (χ1n) is 10.1. The Morgan fingerprint density at radius 3 is 2.19 bits per heavy atom. The molecule has 0 saturated carbocycles. The molecule has 1 heterocycles. The number of benzene rings is 2. The van der Waals surface area contributed by atoms with Crippen LogP contribution >= 0.6 is 0 Å². The van der Waals surface area contributed by atoms with Gasteiger partial charge in [0.1, 0.15) is 5.75 Å². The van der Waals surface area contributed by atoms with E-state index in [1.54, 1.807) is 39.7 Å². The minimum absolute atomic E-state index is 0.111. The Bertz CT molecular complexity index is 1060. The zero-order chi connectivity index (χ0) is 22.5. The lowest BCUT2D eigenvalue weighted by atomic mass is 10.0. The molecule has 2 aromatic carbocycles. The molecule has 31 heavy (non-hydrogen) atoms. The first-order chi connectivity index (χ1) is 14.9. The van der Waals surface area contributed by atoms with Crippen LogP contribution in [0.1, 0.15) is 46.9 Å². The van der Waals surface area contributed by atoms with Gasteiger partial charge in [-0.15, -0.1) is 0 Å². The molecule has 0 saturated heterocycles. The largest absolute Gasteiger partial charge is 0.496 e. The van der Waals surface area contributed by atoms with Gasteiger partial charge in [0.2, 0.25) is 0 Å². The first kappa shape index (κ1) is 22.2. The number of carbonyl (C=O) groups excluding carboxylic acids is 1. The van der Waals surface area contributed by atoms with Crippen molar-refractivity contribution in [2.45, 2.75) is 33.2 Å². The van der Waals surface area contributed by atoms with Crippen LogP contribution in [0.2, 0.25) is 0 Å². The predicted octanol–water partition coefficient (Wildman–Crippen LogP) is 4.26. The summed E-state index contributed by atoms with van der Waals surface area (Å²) in [6.07, 6.45) is 1.62. The predicted molar refractivity (Wildman–Crippen MR) is 120 cm³/mol. The minimum Gasteiger partial charge on any atom is -0.496 e. The monoisotopic (exact) mass is 423 g/mol. The summed E-state index contributed by atoms with van der Waals surface area (Å²) in [5.41, 5.74) is 4.29. The van der Waals surface area contributed by atoms with Gasteiger partial charge in [-0.1, -0.05) is 31.5 Å². The lowest BCUT2D eigenvalue weighted by Gasteiger charge is -2.15. The van der Waals surface area contributed by atoms with Crippen molar-refractivity contribution in [3.05, 3.63) is 65.0 Å². The van der Waals surface area contributed by atoms with Gasteiger partial charge in [-0.25, -0.2) is 4.68 Å². The molecule has 0 spiro atoms. The maximum Gasteiger partial charge on any atom is 0.255 e. The van der Waals surface area contributed by atoms with Crippen LogP contribution in [0.5, 0.6) is 17.2 Å². The van der Waals surface area contributed by atoms with E-state index in [0.717, 1.165) is 16.9 Å². The Hall–Kier alpha value is -3.48. The Balaban J connectivity index is 1.87. The zero-order valence-electron chi connectivity index (χ0n) is 18.9. The number of ether oxygens (including phenoxy) is 3. The molecular formula is C24H29N3O4. The van der Waals surface area contributed by atoms with Crippen LogP contribution in [-0.4, -0.2) is 37.0 Å². The van der Waals surface area contributed by atoms with E-state index in [1.807, 2.05) is 35.9 Å². The first-order valence-corrected chi connectivity index (χ1v) is 10.1. The van der Waals surface area contributed by atoms with Crippen LogP contribution in [0.4, 0.5) is 0 Å². The highest BCUT2D eigenvalue weighted by Crippen LogP contribution is 2.34. The van der Waals surface area contributed by atoms with E-state index >= 15 is 0 Å². The highest BCUT2D eigenvalue weighted by atomic mass is 16.5. The van der Waals surface area contributed by atoms with Crippen LogP contribution in [0.15, 0.2) is 42.6 Å². The molecule has 0 fully saturated rings. The molecule has 7 heteroatoms. The lowest BCUT2D eigenvalue weighted by molar-refractivity contribution is 0.0949. The normalized spacial score (nSPS) is 10.8. The highest BCUT2D eigenvalue weighted by Gasteiger charge is 2.21. The van der Waals surface area contributed by atoms with Crippen LogP contribution in [0.3, 0.4) is 0 Å². The Kier molecular flexibility index (Phi) is 6.84. The smallest absolute Gasteiger partial charge is 0.255 e. The van der Waals surface area contributed by atoms with Crippen LogP contribution in [-0.2, 0) is 6.54 Å². The number of nitrogens with one attached hydrogen (secondary N) is 1. The second-order valence-corrected chi connectivity index (χ2v) is 7.55. The summed E-state index contributed by atoms with van der Waals surface area (Å²) in [5.74, 6) is 1.66. The minimum atomic E-state index is -0.195. The van der Waals surface area contributed by atoms with Crippen molar-refractivity contribution in [2.24, 2.45) is 0 Å². The molecule has 1 aromatic heterocycles. The van der Waals surface area contributed by atoms with E-state index in [2.05, 4.69) is 24.3 Å². The molecule has 0 unspecified atom stereocenters. The van der Waals surface area contributed by atoms with Crippen molar-refractivity contribution in [2.75, 3.05) is 21.3 Å². The van der Waals surface area contributed by atoms with Crippen LogP contribution in [0.25, 0.3) is 5.69 Å². The SMILES string of the molecule is COc1cc(OC)c(OC)cc1CNC(=O)c1cnn(-c2ccc(C)cc2)c1C(C)C.